The average Bonchev–Trinajstić information content (AvgIpc) is 3.26. The summed E-state index contributed by atoms with van der Waals surface area (Å²) in [6, 6.07) is 9.71. The number of nitrogens with one attached hydrogen (secondary N) is 1. The van der Waals surface area contributed by atoms with Gasteiger partial charge in [0.25, 0.3) is 15.9 Å². The van der Waals surface area contributed by atoms with Crippen LogP contribution in [0.15, 0.2) is 45.8 Å². The first-order chi connectivity index (χ1) is 19.3. The predicted octanol–water partition coefficient (Wildman–Crippen LogP) is 4.75. The molecule has 2 N–H and O–H groups in total. The second-order valence-electron chi connectivity index (χ2n) is 10.5. The van der Waals surface area contributed by atoms with E-state index in [1.165, 1.54) is 13.8 Å². The molecule has 41 heavy (non-hydrogen) atoms. The number of carbonyl (C=O) groups is 1. The summed E-state index contributed by atoms with van der Waals surface area (Å²) < 4.78 is 41.0. The van der Waals surface area contributed by atoms with E-state index in [1.807, 2.05) is 26.1 Å². The van der Waals surface area contributed by atoms with Gasteiger partial charge in [0.1, 0.15) is 11.8 Å². The molecule has 1 aliphatic rings. The number of aromatic nitrogens is 1. The van der Waals surface area contributed by atoms with Gasteiger partial charge in [-0.1, -0.05) is 47.4 Å². The van der Waals surface area contributed by atoms with Crippen molar-refractivity contribution in [2.75, 3.05) is 31.5 Å². The van der Waals surface area contributed by atoms with Crippen LogP contribution in [0.2, 0.25) is 10.0 Å². The zero-order valence-electron chi connectivity index (χ0n) is 23.5. The fourth-order valence-corrected chi connectivity index (χ4v) is 6.63. The Bertz CT molecular complexity index is 1510. The van der Waals surface area contributed by atoms with E-state index in [-0.39, 0.29) is 51.8 Å². The summed E-state index contributed by atoms with van der Waals surface area (Å²) >= 11 is 12.3. The average molecular weight is 626 g/mol. The molecule has 1 aliphatic heterocycles. The van der Waals surface area contributed by atoms with Crippen LogP contribution in [0.1, 0.15) is 41.2 Å². The standard InChI is InChI=1S/C28H34Cl2N4O6S/c1-16-12-34(17(2)15-35)28(36)21-7-6-8-24(32-41(37,38)27-18(3)31-40-19(27)4)26(21)39-25(16)14-33(5)13-20-9-10-22(29)23(30)11-20/h6-11,16-17,25,32,35H,12-15H2,1-5H3/t16-,17-,25-/m0/s1. The molecule has 0 radical (unpaired) electrons. The summed E-state index contributed by atoms with van der Waals surface area (Å²) in [5.41, 5.74) is 1.47. The summed E-state index contributed by atoms with van der Waals surface area (Å²) in [7, 11) is -2.19. The number of aliphatic hydroxyl groups is 1. The van der Waals surface area contributed by atoms with Crippen molar-refractivity contribution < 1.29 is 27.6 Å². The van der Waals surface area contributed by atoms with Gasteiger partial charge in [-0.3, -0.25) is 14.4 Å². The van der Waals surface area contributed by atoms with Crippen molar-refractivity contribution in [3.05, 3.63) is 69.0 Å². The molecule has 0 saturated carbocycles. The van der Waals surface area contributed by atoms with Crippen LogP contribution < -0.4 is 9.46 Å². The number of sulfonamides is 1. The number of fused-ring (bicyclic) bond motifs is 1. The minimum absolute atomic E-state index is 0.0749. The second kappa shape index (κ2) is 12.6. The molecule has 3 atom stereocenters. The van der Waals surface area contributed by atoms with Crippen LogP contribution in [0.25, 0.3) is 0 Å². The number of likely N-dealkylation sites (N-methyl/N-ethyl adjacent to an activating group) is 1. The van der Waals surface area contributed by atoms with Crippen molar-refractivity contribution in [2.24, 2.45) is 5.92 Å². The number of aryl methyl sites for hydroxylation is 2. The number of ether oxygens (including phenoxy) is 1. The molecule has 4 rings (SSSR count). The Morgan fingerprint density at radius 3 is 2.59 bits per heavy atom. The van der Waals surface area contributed by atoms with E-state index in [2.05, 4.69) is 14.8 Å². The first kappa shape index (κ1) is 31.1. The quantitative estimate of drug-likeness (QED) is 0.349. The molecule has 0 unspecified atom stereocenters. The fourth-order valence-electron chi connectivity index (χ4n) is 4.92. The van der Waals surface area contributed by atoms with Gasteiger partial charge in [-0.05, 0) is 57.6 Å². The molecule has 10 nitrogen and oxygen atoms in total. The molecular weight excluding hydrogens is 591 g/mol. The SMILES string of the molecule is Cc1noc(C)c1S(=O)(=O)Nc1cccc2c1O[C@@H](CN(C)Cc1ccc(Cl)c(Cl)c1)[C@@H](C)CN([C@@H](C)CO)C2=O. The lowest BCUT2D eigenvalue weighted by Gasteiger charge is -2.38. The van der Waals surface area contributed by atoms with Gasteiger partial charge < -0.3 is 19.3 Å². The van der Waals surface area contributed by atoms with Crippen LogP contribution >= 0.6 is 23.2 Å². The zero-order valence-corrected chi connectivity index (χ0v) is 25.8. The third-order valence-electron chi connectivity index (χ3n) is 7.10. The highest BCUT2D eigenvalue weighted by Crippen LogP contribution is 2.37. The number of aliphatic hydroxyl groups excluding tert-OH is 1. The smallest absolute Gasteiger partial charge is 0.267 e. The Morgan fingerprint density at radius 1 is 1.22 bits per heavy atom. The van der Waals surface area contributed by atoms with Gasteiger partial charge in [0, 0.05) is 25.6 Å². The van der Waals surface area contributed by atoms with Gasteiger partial charge in [-0.25, -0.2) is 8.42 Å². The number of carbonyl (C=O) groups excluding carboxylic acids is 1. The summed E-state index contributed by atoms with van der Waals surface area (Å²) in [6.07, 6.45) is -0.451. The second-order valence-corrected chi connectivity index (χ2v) is 12.9. The predicted molar refractivity (Wildman–Crippen MR) is 157 cm³/mol. The third kappa shape index (κ3) is 6.81. The molecule has 0 fully saturated rings. The maximum Gasteiger partial charge on any atom is 0.267 e. The number of anilines is 1. The summed E-state index contributed by atoms with van der Waals surface area (Å²) in [6.45, 7) is 7.88. The number of hydrogen-bond donors (Lipinski definition) is 2. The molecule has 1 aromatic heterocycles. The Labute approximate surface area is 250 Å². The maximum absolute atomic E-state index is 13.7. The van der Waals surface area contributed by atoms with Gasteiger partial charge >= 0.3 is 0 Å². The van der Waals surface area contributed by atoms with Crippen molar-refractivity contribution in [1.82, 2.24) is 15.0 Å². The first-order valence-electron chi connectivity index (χ1n) is 13.1. The maximum atomic E-state index is 13.7. The molecule has 0 bridgehead atoms. The van der Waals surface area contributed by atoms with E-state index >= 15 is 0 Å². The largest absolute Gasteiger partial charge is 0.486 e. The lowest BCUT2D eigenvalue weighted by molar-refractivity contribution is 0.0344. The highest BCUT2D eigenvalue weighted by Gasteiger charge is 2.35. The Balaban J connectivity index is 1.72. The Morgan fingerprint density at radius 2 is 1.95 bits per heavy atom. The molecule has 3 aromatic rings. The van der Waals surface area contributed by atoms with Crippen LogP contribution in [0.5, 0.6) is 5.75 Å². The topological polar surface area (TPSA) is 125 Å². The summed E-state index contributed by atoms with van der Waals surface area (Å²) in [5, 5.41) is 14.6. The van der Waals surface area contributed by atoms with Gasteiger partial charge in [-0.2, -0.15) is 0 Å². The van der Waals surface area contributed by atoms with Gasteiger partial charge in [0.15, 0.2) is 16.4 Å². The van der Waals surface area contributed by atoms with Crippen LogP contribution in [0.3, 0.4) is 0 Å². The lowest BCUT2D eigenvalue weighted by atomic mass is 9.99. The molecule has 0 spiro atoms. The van der Waals surface area contributed by atoms with Crippen molar-refractivity contribution in [3.63, 3.8) is 0 Å². The van der Waals surface area contributed by atoms with Crippen LogP contribution in [0, 0.1) is 19.8 Å². The normalized spacial score (nSPS) is 18.5. The van der Waals surface area contributed by atoms with E-state index in [4.69, 9.17) is 32.5 Å². The summed E-state index contributed by atoms with van der Waals surface area (Å²) in [4.78, 5) is 17.3. The highest BCUT2D eigenvalue weighted by atomic mass is 35.5. The van der Waals surface area contributed by atoms with Crippen molar-refractivity contribution in [1.29, 1.82) is 0 Å². The van der Waals surface area contributed by atoms with E-state index in [1.54, 1.807) is 36.1 Å². The minimum Gasteiger partial charge on any atom is -0.486 e. The van der Waals surface area contributed by atoms with E-state index in [9.17, 15) is 18.3 Å². The highest BCUT2D eigenvalue weighted by molar-refractivity contribution is 7.92. The number of rotatable bonds is 9. The van der Waals surface area contributed by atoms with Crippen molar-refractivity contribution in [2.45, 2.75) is 51.3 Å². The Kier molecular flexibility index (Phi) is 9.55. The van der Waals surface area contributed by atoms with Crippen LogP contribution in [-0.2, 0) is 16.6 Å². The molecule has 1 amide bonds. The van der Waals surface area contributed by atoms with Crippen LogP contribution in [-0.4, -0.2) is 73.3 Å². The monoisotopic (exact) mass is 624 g/mol. The van der Waals surface area contributed by atoms with Gasteiger partial charge in [0.05, 0.1) is 33.9 Å². The molecule has 2 heterocycles. The number of halogens is 2. The van der Waals surface area contributed by atoms with Crippen LogP contribution in [0.4, 0.5) is 5.69 Å². The van der Waals surface area contributed by atoms with E-state index in [0.717, 1.165) is 5.56 Å². The fraction of sp³-hybridized carbons (Fsp3) is 0.429. The number of benzene rings is 2. The van der Waals surface area contributed by atoms with E-state index in [0.29, 0.717) is 29.7 Å². The van der Waals surface area contributed by atoms with Gasteiger partial charge in [0.2, 0.25) is 0 Å². The number of amides is 1. The minimum atomic E-state index is -4.13. The third-order valence-corrected chi connectivity index (χ3v) is 9.45. The number of para-hydroxylation sites is 1. The lowest BCUT2D eigenvalue weighted by Crippen LogP contribution is -2.49. The first-order valence-corrected chi connectivity index (χ1v) is 15.4. The van der Waals surface area contributed by atoms with Gasteiger partial charge in [-0.15, -0.1) is 0 Å². The molecule has 0 aliphatic carbocycles. The number of nitrogens with zero attached hydrogens (tertiary/aromatic N) is 3. The van der Waals surface area contributed by atoms with Crippen molar-refractivity contribution >= 4 is 44.8 Å². The molecule has 0 saturated heterocycles. The Hall–Kier alpha value is -2.83. The summed E-state index contributed by atoms with van der Waals surface area (Å²) in [5.74, 6) is -0.286. The molecule has 2 aromatic carbocycles. The molecular formula is C28H34Cl2N4O6S. The van der Waals surface area contributed by atoms with E-state index < -0.39 is 22.2 Å². The van der Waals surface area contributed by atoms with Crippen molar-refractivity contribution in [3.8, 4) is 5.75 Å². The molecule has 13 heteroatoms. The number of hydrogen-bond acceptors (Lipinski definition) is 8. The zero-order chi connectivity index (χ0) is 30.1. The molecule has 222 valence electrons.